The molecule has 0 saturated carbocycles. The van der Waals surface area contributed by atoms with Gasteiger partial charge in [-0.2, -0.15) is 5.10 Å². The second kappa shape index (κ2) is 10.8. The van der Waals surface area contributed by atoms with Gasteiger partial charge in [0.15, 0.2) is 11.5 Å². The van der Waals surface area contributed by atoms with E-state index in [1.54, 1.807) is 19.1 Å². The molecule has 3 rings (SSSR count). The lowest BCUT2D eigenvalue weighted by atomic mass is 10.1. The van der Waals surface area contributed by atoms with Crippen molar-refractivity contribution in [1.82, 2.24) is 5.43 Å². The molecule has 0 bridgehead atoms. The number of nitrogens with zero attached hydrogens (tertiary/aromatic N) is 2. The molecule has 3 aromatic carbocycles. The van der Waals surface area contributed by atoms with Crippen molar-refractivity contribution in [1.29, 1.82) is 0 Å². The summed E-state index contributed by atoms with van der Waals surface area (Å²) in [4.78, 5) is 22.0. The zero-order valence-electron chi connectivity index (χ0n) is 19.3. The largest absolute Gasteiger partial charge is 0.484 e. The fourth-order valence-electron chi connectivity index (χ4n) is 3.23. The van der Waals surface area contributed by atoms with Crippen molar-refractivity contribution in [2.75, 3.05) is 11.3 Å². The minimum Gasteiger partial charge on any atom is -0.484 e. The number of benzene rings is 3. The van der Waals surface area contributed by atoms with Gasteiger partial charge in [-0.15, -0.1) is 0 Å². The fraction of sp³-hybridized carbons (Fsp3) is 0.167. The van der Waals surface area contributed by atoms with Gasteiger partial charge < -0.3 is 4.74 Å². The first kappa shape index (κ1) is 25.4. The van der Waals surface area contributed by atoms with Crippen LogP contribution in [0.2, 0.25) is 0 Å². The van der Waals surface area contributed by atoms with Crippen LogP contribution < -0.4 is 14.9 Å². The summed E-state index contributed by atoms with van der Waals surface area (Å²) < 4.78 is 33.1. The van der Waals surface area contributed by atoms with Crippen molar-refractivity contribution in [3.05, 3.63) is 93.5 Å². The van der Waals surface area contributed by atoms with Gasteiger partial charge in [0.25, 0.3) is 21.6 Å². The number of aryl methyl sites for hydroxylation is 2. The third-order valence-electron chi connectivity index (χ3n) is 4.82. The van der Waals surface area contributed by atoms with Crippen LogP contribution in [0.25, 0.3) is 0 Å². The Labute approximate surface area is 202 Å². The zero-order chi connectivity index (χ0) is 25.6. The summed E-state index contributed by atoms with van der Waals surface area (Å²) in [7, 11) is -4.17. The Balaban J connectivity index is 1.61. The van der Waals surface area contributed by atoms with Crippen LogP contribution in [0.3, 0.4) is 0 Å². The number of anilines is 1. The summed E-state index contributed by atoms with van der Waals surface area (Å²) in [6.07, 6.45) is 0. The summed E-state index contributed by atoms with van der Waals surface area (Å²) in [6, 6.07) is 17.0. The quantitative estimate of drug-likeness (QED) is 0.261. The SMILES string of the molecule is CC(=NNC(=O)COc1cc(C)cc(C)c1)c1ccc(NS(=O)(=O)c2ccccc2[N+](=O)[O-])cc1. The molecule has 0 aliphatic rings. The first-order valence-corrected chi connectivity index (χ1v) is 11.9. The molecule has 182 valence electrons. The highest BCUT2D eigenvalue weighted by Crippen LogP contribution is 2.25. The van der Waals surface area contributed by atoms with Gasteiger partial charge >= 0.3 is 0 Å². The third kappa shape index (κ3) is 6.87. The molecule has 0 aromatic heterocycles. The highest BCUT2D eigenvalue weighted by Gasteiger charge is 2.25. The van der Waals surface area contributed by atoms with Gasteiger partial charge in [-0.25, -0.2) is 13.8 Å². The number of nitrogens with one attached hydrogen (secondary N) is 2. The molecular weight excluding hydrogens is 472 g/mol. The molecule has 10 nitrogen and oxygen atoms in total. The molecule has 11 heteroatoms. The standard InChI is InChI=1S/C24H24N4O6S/c1-16-12-17(2)14-21(13-16)34-15-24(29)26-25-18(3)19-8-10-20(11-9-19)27-35(32,33)23-7-5-4-6-22(23)28(30)31/h4-14,27H,15H2,1-3H3,(H,26,29). The van der Waals surface area contributed by atoms with Crippen LogP contribution in [0.15, 0.2) is 76.7 Å². The van der Waals surface area contributed by atoms with E-state index in [0.29, 0.717) is 17.0 Å². The Bertz CT molecular complexity index is 1370. The molecule has 0 atom stereocenters. The van der Waals surface area contributed by atoms with Crippen LogP contribution in [-0.4, -0.2) is 31.6 Å². The second-order valence-electron chi connectivity index (χ2n) is 7.75. The zero-order valence-corrected chi connectivity index (χ0v) is 20.1. The monoisotopic (exact) mass is 496 g/mol. The van der Waals surface area contributed by atoms with Crippen LogP contribution in [0.5, 0.6) is 5.75 Å². The van der Waals surface area contributed by atoms with Gasteiger partial charge in [-0.3, -0.25) is 19.6 Å². The molecule has 0 saturated heterocycles. The molecule has 1 amide bonds. The van der Waals surface area contributed by atoms with Gasteiger partial charge in [0.05, 0.1) is 10.6 Å². The highest BCUT2D eigenvalue weighted by atomic mass is 32.2. The van der Waals surface area contributed by atoms with Crippen LogP contribution >= 0.6 is 0 Å². The molecule has 0 radical (unpaired) electrons. The summed E-state index contributed by atoms with van der Waals surface area (Å²) >= 11 is 0. The van der Waals surface area contributed by atoms with E-state index in [2.05, 4.69) is 15.2 Å². The van der Waals surface area contributed by atoms with Crippen LogP contribution in [0, 0.1) is 24.0 Å². The normalized spacial score (nSPS) is 11.6. The lowest BCUT2D eigenvalue weighted by molar-refractivity contribution is -0.387. The highest BCUT2D eigenvalue weighted by molar-refractivity contribution is 7.92. The molecule has 0 fully saturated rings. The number of nitro groups is 1. The van der Waals surface area contributed by atoms with E-state index in [1.807, 2.05) is 32.0 Å². The van der Waals surface area contributed by atoms with Gasteiger partial charge in [-0.05, 0) is 67.8 Å². The predicted octanol–water partition coefficient (Wildman–Crippen LogP) is 3.93. The van der Waals surface area contributed by atoms with E-state index in [9.17, 15) is 23.3 Å². The van der Waals surface area contributed by atoms with Gasteiger partial charge in [0, 0.05) is 11.8 Å². The van der Waals surface area contributed by atoms with Crippen molar-refractivity contribution in [2.24, 2.45) is 5.10 Å². The number of ether oxygens (including phenoxy) is 1. The van der Waals surface area contributed by atoms with Crippen LogP contribution in [-0.2, 0) is 14.8 Å². The number of carbonyl (C=O) groups is 1. The molecule has 2 N–H and O–H groups in total. The lowest BCUT2D eigenvalue weighted by Crippen LogP contribution is -2.25. The molecule has 0 aliphatic heterocycles. The third-order valence-corrected chi connectivity index (χ3v) is 6.25. The Hall–Kier alpha value is -4.25. The summed E-state index contributed by atoms with van der Waals surface area (Å²) in [5.41, 5.74) is 5.29. The molecular formula is C24H24N4O6S. The van der Waals surface area contributed by atoms with Crippen molar-refractivity contribution in [3.8, 4) is 5.75 Å². The lowest BCUT2D eigenvalue weighted by Gasteiger charge is -2.10. The first-order chi connectivity index (χ1) is 16.5. The first-order valence-electron chi connectivity index (χ1n) is 10.5. The number of hydrazone groups is 1. The number of nitro benzene ring substituents is 1. The molecule has 0 aliphatic carbocycles. The summed E-state index contributed by atoms with van der Waals surface area (Å²) in [6.45, 7) is 5.36. The Kier molecular flexibility index (Phi) is 7.82. The molecule has 0 unspecified atom stereocenters. The van der Waals surface area contributed by atoms with E-state index in [4.69, 9.17) is 4.74 Å². The predicted molar refractivity (Wildman–Crippen MR) is 132 cm³/mol. The second-order valence-corrected chi connectivity index (χ2v) is 9.40. The summed E-state index contributed by atoms with van der Waals surface area (Å²) in [5.74, 6) is 0.162. The molecule has 35 heavy (non-hydrogen) atoms. The maximum Gasteiger partial charge on any atom is 0.289 e. The number of amides is 1. The Morgan fingerprint density at radius 3 is 2.29 bits per heavy atom. The van der Waals surface area contributed by atoms with E-state index < -0.39 is 31.4 Å². The van der Waals surface area contributed by atoms with Crippen molar-refractivity contribution >= 4 is 33.0 Å². The van der Waals surface area contributed by atoms with Crippen molar-refractivity contribution < 1.29 is 22.9 Å². The van der Waals surface area contributed by atoms with Crippen molar-refractivity contribution in [2.45, 2.75) is 25.7 Å². The summed E-state index contributed by atoms with van der Waals surface area (Å²) in [5, 5.41) is 15.2. The maximum absolute atomic E-state index is 12.6. The number of sulfonamides is 1. The number of carbonyl (C=O) groups excluding carboxylic acids is 1. The fourth-order valence-corrected chi connectivity index (χ4v) is 4.46. The minimum absolute atomic E-state index is 0.202. The number of hydrogen-bond acceptors (Lipinski definition) is 7. The van der Waals surface area contributed by atoms with Crippen molar-refractivity contribution in [3.63, 3.8) is 0 Å². The molecule has 0 heterocycles. The number of para-hydroxylation sites is 1. The maximum atomic E-state index is 12.6. The van der Waals surface area contributed by atoms with E-state index >= 15 is 0 Å². The van der Waals surface area contributed by atoms with E-state index in [0.717, 1.165) is 23.3 Å². The Morgan fingerprint density at radius 1 is 1.03 bits per heavy atom. The average Bonchev–Trinajstić information content (AvgIpc) is 2.81. The van der Waals surface area contributed by atoms with Gasteiger partial charge in [0.2, 0.25) is 0 Å². The number of hydrogen-bond donors (Lipinski definition) is 2. The molecule has 3 aromatic rings. The molecule has 0 spiro atoms. The average molecular weight is 497 g/mol. The minimum atomic E-state index is -4.17. The number of rotatable bonds is 9. The van der Waals surface area contributed by atoms with Crippen LogP contribution in [0.1, 0.15) is 23.6 Å². The van der Waals surface area contributed by atoms with Crippen LogP contribution in [0.4, 0.5) is 11.4 Å². The van der Waals surface area contributed by atoms with E-state index in [-0.39, 0.29) is 12.3 Å². The van der Waals surface area contributed by atoms with E-state index in [1.165, 1.54) is 24.3 Å². The van der Waals surface area contributed by atoms with Gasteiger partial charge in [-0.1, -0.05) is 30.3 Å². The Morgan fingerprint density at radius 2 is 1.66 bits per heavy atom. The smallest absolute Gasteiger partial charge is 0.289 e. The van der Waals surface area contributed by atoms with Gasteiger partial charge in [0.1, 0.15) is 5.75 Å². The topological polar surface area (TPSA) is 140 Å².